The second-order valence-electron chi connectivity index (χ2n) is 13.8. The van der Waals surface area contributed by atoms with Gasteiger partial charge in [0, 0.05) is 44.4 Å². The second kappa shape index (κ2) is 7.78. The summed E-state index contributed by atoms with van der Waals surface area (Å²) in [6.07, 6.45) is 3.62. The number of rotatable bonds is 2. The van der Waals surface area contributed by atoms with Crippen LogP contribution in [0.1, 0.15) is 71.6 Å². The Balaban J connectivity index is 1.31. The number of esters is 1. The van der Waals surface area contributed by atoms with Crippen LogP contribution in [-0.4, -0.2) is 62.3 Å². The number of nitrogens with one attached hydrogen (secondary N) is 1. The maximum Gasteiger partial charge on any atom is 0.338 e. The average Bonchev–Trinajstić information content (AvgIpc) is 3.37. The predicted octanol–water partition coefficient (Wildman–Crippen LogP) is 4.27. The van der Waals surface area contributed by atoms with Crippen molar-refractivity contribution in [3.8, 4) is 0 Å². The van der Waals surface area contributed by atoms with Crippen LogP contribution in [0.2, 0.25) is 5.02 Å². The van der Waals surface area contributed by atoms with E-state index in [-0.39, 0.29) is 12.4 Å². The summed E-state index contributed by atoms with van der Waals surface area (Å²) in [5.74, 6) is -2.19. The lowest BCUT2D eigenvalue weighted by Gasteiger charge is -2.67. The standard InChI is InChI=1S/C31H36ClNO7/c1-26(2,36)25(35)40-27(3)15-38-31-11-10-28(4)29(5)16(8-9-30(28,37)22(31)14-21(34)24(27)39-31)12-19-18-7-6-17(32)13-20(18)33-23(19)29/h6-7,13-14,16,24,33,36-37H,8-12,15H2,1-5H3. The number of ether oxygens (including phenoxy) is 3. The summed E-state index contributed by atoms with van der Waals surface area (Å²) in [6, 6.07) is 5.95. The summed E-state index contributed by atoms with van der Waals surface area (Å²) >= 11 is 6.32. The van der Waals surface area contributed by atoms with Crippen LogP contribution in [-0.2, 0) is 35.6 Å². The quantitative estimate of drug-likeness (QED) is 0.462. The van der Waals surface area contributed by atoms with Crippen molar-refractivity contribution in [3.63, 3.8) is 0 Å². The van der Waals surface area contributed by atoms with E-state index >= 15 is 0 Å². The number of H-pyrrole nitrogens is 1. The highest BCUT2D eigenvalue weighted by Gasteiger charge is 2.74. The molecule has 7 rings (SSSR count). The van der Waals surface area contributed by atoms with Gasteiger partial charge >= 0.3 is 5.97 Å². The molecule has 214 valence electrons. The Kier molecular flexibility index (Phi) is 5.18. The number of fused-ring (bicyclic) bond motifs is 9. The SMILES string of the molecule is CC(C)(O)C(=O)OC1(C)COC23CCC4(C)C(O)(CCC5Cc6c([nH]c7cc(Cl)ccc67)C54C)C2=CC(=O)C1O3. The van der Waals surface area contributed by atoms with Gasteiger partial charge in [0.05, 0.1) is 12.2 Å². The van der Waals surface area contributed by atoms with Crippen LogP contribution >= 0.6 is 11.6 Å². The third-order valence-electron chi connectivity index (χ3n) is 11.2. The molecule has 3 fully saturated rings. The Bertz CT molecular complexity index is 1520. The van der Waals surface area contributed by atoms with Crippen LogP contribution in [0, 0.1) is 11.3 Å². The van der Waals surface area contributed by atoms with Crippen LogP contribution < -0.4 is 0 Å². The van der Waals surface area contributed by atoms with Crippen molar-refractivity contribution in [2.75, 3.05) is 6.61 Å². The summed E-state index contributed by atoms with van der Waals surface area (Å²) in [5, 5.41) is 24.8. The lowest BCUT2D eigenvalue weighted by molar-refractivity contribution is -0.351. The maximum atomic E-state index is 13.6. The smallest absolute Gasteiger partial charge is 0.338 e. The Hall–Kier alpha value is -2.23. The number of carbonyl (C=O) groups is 2. The molecule has 3 heterocycles. The number of benzene rings is 1. The van der Waals surface area contributed by atoms with Gasteiger partial charge in [-0.2, -0.15) is 0 Å². The van der Waals surface area contributed by atoms with E-state index < -0.39 is 45.5 Å². The number of hydrogen-bond acceptors (Lipinski definition) is 7. The number of carbonyl (C=O) groups excluding carboxylic acids is 2. The van der Waals surface area contributed by atoms with Crippen LogP contribution in [0.15, 0.2) is 29.8 Å². The van der Waals surface area contributed by atoms with E-state index in [1.54, 1.807) is 6.92 Å². The van der Waals surface area contributed by atoms with Crippen molar-refractivity contribution >= 4 is 34.3 Å². The third kappa shape index (κ3) is 3.07. The Morgan fingerprint density at radius 2 is 1.95 bits per heavy atom. The van der Waals surface area contributed by atoms with Crippen molar-refractivity contribution in [1.29, 1.82) is 0 Å². The van der Waals surface area contributed by atoms with E-state index in [1.165, 1.54) is 30.9 Å². The fourth-order valence-corrected chi connectivity index (χ4v) is 8.86. The number of hydrogen-bond donors (Lipinski definition) is 3. The summed E-state index contributed by atoms with van der Waals surface area (Å²) in [6.45, 7) is 8.55. The summed E-state index contributed by atoms with van der Waals surface area (Å²) in [7, 11) is 0. The molecule has 0 amide bonds. The van der Waals surface area contributed by atoms with Gasteiger partial charge in [-0.1, -0.05) is 31.5 Å². The zero-order chi connectivity index (χ0) is 28.7. The van der Waals surface area contributed by atoms with Gasteiger partial charge in [-0.15, -0.1) is 0 Å². The number of halogens is 1. The molecule has 3 N–H and O–H groups in total. The number of aromatic amines is 1. The average molecular weight is 570 g/mol. The van der Waals surface area contributed by atoms with Crippen molar-refractivity contribution < 1.29 is 34.0 Å². The van der Waals surface area contributed by atoms with Gasteiger partial charge in [-0.3, -0.25) is 4.79 Å². The highest BCUT2D eigenvalue weighted by atomic mass is 35.5. The molecule has 2 saturated carbocycles. The first kappa shape index (κ1) is 26.7. The van der Waals surface area contributed by atoms with Gasteiger partial charge in [-0.25, -0.2) is 4.79 Å². The lowest BCUT2D eigenvalue weighted by Crippen LogP contribution is -2.74. The van der Waals surface area contributed by atoms with E-state index in [0.717, 1.165) is 24.1 Å². The zero-order valence-electron chi connectivity index (χ0n) is 23.5. The first-order valence-electron chi connectivity index (χ1n) is 14.2. The highest BCUT2D eigenvalue weighted by Crippen LogP contribution is 2.71. The molecule has 7 atom stereocenters. The zero-order valence-corrected chi connectivity index (χ0v) is 24.3. The first-order chi connectivity index (χ1) is 18.6. The summed E-state index contributed by atoms with van der Waals surface area (Å²) in [5.41, 5.74) is -1.63. The molecule has 9 heteroatoms. The van der Waals surface area contributed by atoms with Crippen molar-refractivity contribution in [3.05, 3.63) is 46.1 Å². The Labute approximate surface area is 238 Å². The minimum absolute atomic E-state index is 0.0951. The molecule has 1 saturated heterocycles. The third-order valence-corrected chi connectivity index (χ3v) is 11.4. The molecule has 3 aliphatic carbocycles. The molecule has 1 spiro atoms. The first-order valence-corrected chi connectivity index (χ1v) is 14.5. The predicted molar refractivity (Wildman–Crippen MR) is 147 cm³/mol. The molecule has 5 aliphatic rings. The van der Waals surface area contributed by atoms with Crippen LogP contribution in [0.25, 0.3) is 10.9 Å². The topological polar surface area (TPSA) is 118 Å². The van der Waals surface area contributed by atoms with E-state index in [4.69, 9.17) is 25.8 Å². The van der Waals surface area contributed by atoms with Gasteiger partial charge in [0.1, 0.15) is 0 Å². The Morgan fingerprint density at radius 3 is 2.67 bits per heavy atom. The van der Waals surface area contributed by atoms with Crippen molar-refractivity contribution in [2.24, 2.45) is 11.3 Å². The van der Waals surface area contributed by atoms with Gasteiger partial charge in [0.25, 0.3) is 0 Å². The molecule has 2 aromatic rings. The maximum absolute atomic E-state index is 13.6. The van der Waals surface area contributed by atoms with E-state index in [2.05, 4.69) is 24.9 Å². The van der Waals surface area contributed by atoms with Crippen molar-refractivity contribution in [2.45, 2.75) is 101 Å². The van der Waals surface area contributed by atoms with Crippen LogP contribution in [0.3, 0.4) is 0 Å². The minimum Gasteiger partial charge on any atom is -0.451 e. The number of aliphatic hydroxyl groups is 2. The normalized spacial score (nSPS) is 42.0. The van der Waals surface area contributed by atoms with Gasteiger partial charge in [-0.05, 0) is 76.1 Å². The molecule has 1 aromatic heterocycles. The van der Waals surface area contributed by atoms with E-state index in [1.807, 2.05) is 12.1 Å². The lowest BCUT2D eigenvalue weighted by atomic mass is 9.42. The molecule has 40 heavy (non-hydrogen) atoms. The molecule has 2 aliphatic heterocycles. The van der Waals surface area contributed by atoms with Crippen molar-refractivity contribution in [1.82, 2.24) is 4.98 Å². The van der Waals surface area contributed by atoms with Crippen LogP contribution in [0.4, 0.5) is 0 Å². The van der Waals surface area contributed by atoms with Gasteiger partial charge < -0.3 is 29.4 Å². The largest absolute Gasteiger partial charge is 0.451 e. The Morgan fingerprint density at radius 1 is 1.20 bits per heavy atom. The number of aromatic nitrogens is 1. The molecule has 0 radical (unpaired) electrons. The molecule has 2 bridgehead atoms. The van der Waals surface area contributed by atoms with Crippen LogP contribution in [0.5, 0.6) is 0 Å². The fourth-order valence-electron chi connectivity index (χ4n) is 8.69. The number of ketones is 1. The fraction of sp³-hybridized carbons (Fsp3) is 0.613. The second-order valence-corrected chi connectivity index (χ2v) is 14.2. The van der Waals surface area contributed by atoms with E-state index in [9.17, 15) is 19.8 Å². The summed E-state index contributed by atoms with van der Waals surface area (Å²) in [4.78, 5) is 29.9. The van der Waals surface area contributed by atoms with Gasteiger partial charge in [0.2, 0.25) is 0 Å². The minimum atomic E-state index is -1.74. The molecule has 8 nitrogen and oxygen atoms in total. The monoisotopic (exact) mass is 569 g/mol. The van der Waals surface area contributed by atoms with Gasteiger partial charge in [0.15, 0.2) is 28.9 Å². The highest BCUT2D eigenvalue weighted by molar-refractivity contribution is 6.31. The summed E-state index contributed by atoms with van der Waals surface area (Å²) < 4.78 is 18.4. The van der Waals surface area contributed by atoms with E-state index in [0.29, 0.717) is 35.8 Å². The molecular weight excluding hydrogens is 534 g/mol. The molecular formula is C31H36ClNO7. The molecule has 1 aromatic carbocycles. The molecule has 7 unspecified atom stereocenters.